The molecule has 2 aromatic rings. The lowest BCUT2D eigenvalue weighted by Crippen LogP contribution is -2.59. The zero-order chi connectivity index (χ0) is 26.5. The zero-order valence-electron chi connectivity index (χ0n) is 21.2. The lowest BCUT2D eigenvalue weighted by molar-refractivity contribution is -0.147. The topological polar surface area (TPSA) is 128 Å². The highest BCUT2D eigenvalue weighted by atomic mass is 16.5. The van der Waals surface area contributed by atoms with E-state index in [9.17, 15) is 24.6 Å². The fourth-order valence-corrected chi connectivity index (χ4v) is 4.32. The van der Waals surface area contributed by atoms with Crippen molar-refractivity contribution in [2.75, 3.05) is 13.3 Å². The minimum atomic E-state index is -1.65. The highest BCUT2D eigenvalue weighted by molar-refractivity contribution is 5.97. The Kier molecular flexibility index (Phi) is 8.70. The van der Waals surface area contributed by atoms with Crippen LogP contribution in [0.1, 0.15) is 48.7 Å². The predicted molar refractivity (Wildman–Crippen MR) is 134 cm³/mol. The van der Waals surface area contributed by atoms with Crippen molar-refractivity contribution < 1.29 is 29.3 Å². The molecular formula is C27H35N3O6. The minimum Gasteiger partial charge on any atom is -0.508 e. The number of hydrogen-bond donors (Lipinski definition) is 4. The molecule has 2 aromatic carbocycles. The average Bonchev–Trinajstić information content (AvgIpc) is 3.18. The first kappa shape index (κ1) is 27.2. The Morgan fingerprint density at radius 2 is 1.83 bits per heavy atom. The maximum absolute atomic E-state index is 13.5. The number of nitrogens with one attached hydrogen (secondary N) is 2. The van der Waals surface area contributed by atoms with E-state index < -0.39 is 35.6 Å². The van der Waals surface area contributed by atoms with E-state index in [0.717, 1.165) is 12.0 Å². The summed E-state index contributed by atoms with van der Waals surface area (Å²) in [7, 11) is 0. The Bertz CT molecular complexity index is 1090. The standard InChI is InChI=1S/C27H35N3O6/c1-5-14-28-25(34)23-27(3,4)36-16-30(23)26(35)22(32)20(15-18-10-7-6-8-11-18)29-24(33)19-12-9-13-21(31)17(19)2/h6-13,20,22-23,31-32H,5,14-16H2,1-4H3,(H,28,34)(H,29,33). The van der Waals surface area contributed by atoms with Gasteiger partial charge in [0.2, 0.25) is 5.91 Å². The van der Waals surface area contributed by atoms with Crippen LogP contribution in [0.25, 0.3) is 0 Å². The number of aromatic hydroxyl groups is 1. The fourth-order valence-electron chi connectivity index (χ4n) is 4.32. The average molecular weight is 498 g/mol. The number of rotatable bonds is 9. The first-order valence-corrected chi connectivity index (χ1v) is 12.1. The second-order valence-electron chi connectivity index (χ2n) is 9.54. The Labute approximate surface area is 211 Å². The summed E-state index contributed by atoms with van der Waals surface area (Å²) in [5, 5.41) is 26.8. The summed E-state index contributed by atoms with van der Waals surface area (Å²) in [4.78, 5) is 40.7. The number of benzene rings is 2. The van der Waals surface area contributed by atoms with Crippen molar-refractivity contribution in [2.24, 2.45) is 0 Å². The molecule has 3 rings (SSSR count). The monoisotopic (exact) mass is 497 g/mol. The van der Waals surface area contributed by atoms with Crippen LogP contribution in [-0.4, -0.2) is 69.9 Å². The molecule has 9 heteroatoms. The van der Waals surface area contributed by atoms with Gasteiger partial charge >= 0.3 is 0 Å². The van der Waals surface area contributed by atoms with E-state index in [0.29, 0.717) is 12.1 Å². The van der Waals surface area contributed by atoms with E-state index in [1.165, 1.54) is 11.0 Å². The first-order valence-electron chi connectivity index (χ1n) is 12.1. The highest BCUT2D eigenvalue weighted by Gasteiger charge is 2.50. The lowest BCUT2D eigenvalue weighted by Gasteiger charge is -2.32. The van der Waals surface area contributed by atoms with Gasteiger partial charge in [-0.15, -0.1) is 0 Å². The quantitative estimate of drug-likeness (QED) is 0.419. The van der Waals surface area contributed by atoms with Crippen LogP contribution in [0.2, 0.25) is 0 Å². The summed E-state index contributed by atoms with van der Waals surface area (Å²) < 4.78 is 5.73. The molecule has 0 bridgehead atoms. The molecule has 3 unspecified atom stereocenters. The van der Waals surface area contributed by atoms with Gasteiger partial charge < -0.3 is 30.5 Å². The molecule has 9 nitrogen and oxygen atoms in total. The Balaban J connectivity index is 1.87. The van der Waals surface area contributed by atoms with E-state index >= 15 is 0 Å². The number of phenolic OH excluding ortho intramolecular Hbond substituents is 1. The molecule has 1 aliphatic heterocycles. The van der Waals surface area contributed by atoms with E-state index in [4.69, 9.17) is 4.74 Å². The SMILES string of the molecule is CCCNC(=O)C1N(C(=O)C(O)C(Cc2ccccc2)NC(=O)c2cccc(O)c2C)COC1(C)C. The summed E-state index contributed by atoms with van der Waals surface area (Å²) in [5.41, 5.74) is 0.466. The summed E-state index contributed by atoms with van der Waals surface area (Å²) in [6.45, 7) is 7.26. The predicted octanol–water partition coefficient (Wildman–Crippen LogP) is 1.89. The molecular weight excluding hydrogens is 462 g/mol. The number of nitrogens with zero attached hydrogens (tertiary/aromatic N) is 1. The zero-order valence-corrected chi connectivity index (χ0v) is 21.2. The van der Waals surface area contributed by atoms with E-state index in [1.54, 1.807) is 32.9 Å². The first-order chi connectivity index (χ1) is 17.1. The largest absolute Gasteiger partial charge is 0.508 e. The number of amides is 3. The van der Waals surface area contributed by atoms with Crippen molar-refractivity contribution in [1.82, 2.24) is 15.5 Å². The molecule has 3 atom stereocenters. The van der Waals surface area contributed by atoms with Gasteiger partial charge in [-0.05, 0) is 51.3 Å². The minimum absolute atomic E-state index is 0.0312. The third-order valence-corrected chi connectivity index (χ3v) is 6.43. The van der Waals surface area contributed by atoms with Gasteiger partial charge in [-0.25, -0.2) is 0 Å². The van der Waals surface area contributed by atoms with Gasteiger partial charge in [-0.1, -0.05) is 43.3 Å². The van der Waals surface area contributed by atoms with E-state index in [2.05, 4.69) is 10.6 Å². The van der Waals surface area contributed by atoms with Gasteiger partial charge in [-0.3, -0.25) is 14.4 Å². The van der Waals surface area contributed by atoms with Crippen LogP contribution < -0.4 is 10.6 Å². The normalized spacial score (nSPS) is 18.4. The van der Waals surface area contributed by atoms with Gasteiger partial charge in [0.25, 0.3) is 11.8 Å². The summed E-state index contributed by atoms with van der Waals surface area (Å²) in [5.74, 6) is -1.65. The summed E-state index contributed by atoms with van der Waals surface area (Å²) in [6.07, 6.45) is -0.747. The van der Waals surface area contributed by atoms with Crippen LogP contribution in [0.5, 0.6) is 5.75 Å². The van der Waals surface area contributed by atoms with Crippen LogP contribution in [0.4, 0.5) is 0 Å². The molecule has 3 amide bonds. The number of ether oxygens (including phenoxy) is 1. The molecule has 36 heavy (non-hydrogen) atoms. The second-order valence-corrected chi connectivity index (χ2v) is 9.54. The maximum atomic E-state index is 13.5. The van der Waals surface area contributed by atoms with Gasteiger partial charge in [-0.2, -0.15) is 0 Å². The van der Waals surface area contributed by atoms with Crippen molar-refractivity contribution in [1.29, 1.82) is 0 Å². The molecule has 1 heterocycles. The van der Waals surface area contributed by atoms with Crippen LogP contribution in [-0.2, 0) is 20.7 Å². The molecule has 0 spiro atoms. The molecule has 1 fully saturated rings. The maximum Gasteiger partial charge on any atom is 0.256 e. The molecule has 1 saturated heterocycles. The van der Waals surface area contributed by atoms with Gasteiger partial charge in [0.05, 0.1) is 11.6 Å². The van der Waals surface area contributed by atoms with Crippen molar-refractivity contribution >= 4 is 17.7 Å². The molecule has 0 aliphatic carbocycles. The number of carbonyl (C=O) groups excluding carboxylic acids is 3. The van der Waals surface area contributed by atoms with Gasteiger partial charge in [0.15, 0.2) is 6.10 Å². The molecule has 194 valence electrons. The Morgan fingerprint density at radius 3 is 2.50 bits per heavy atom. The van der Waals surface area contributed by atoms with Crippen molar-refractivity contribution in [3.05, 3.63) is 65.2 Å². The number of aliphatic hydroxyl groups excluding tert-OH is 1. The van der Waals surface area contributed by atoms with E-state index in [-0.39, 0.29) is 30.4 Å². The molecule has 4 N–H and O–H groups in total. The molecule has 0 saturated carbocycles. The van der Waals surface area contributed by atoms with Gasteiger partial charge in [0, 0.05) is 17.7 Å². The molecule has 0 radical (unpaired) electrons. The van der Waals surface area contributed by atoms with E-state index in [1.807, 2.05) is 37.3 Å². The third-order valence-electron chi connectivity index (χ3n) is 6.43. The Hall–Kier alpha value is -3.43. The van der Waals surface area contributed by atoms with Crippen LogP contribution in [0.15, 0.2) is 48.5 Å². The van der Waals surface area contributed by atoms with Crippen LogP contribution >= 0.6 is 0 Å². The summed E-state index contributed by atoms with van der Waals surface area (Å²) in [6, 6.07) is 11.8. The fraction of sp³-hybridized carbons (Fsp3) is 0.444. The molecule has 0 aromatic heterocycles. The highest BCUT2D eigenvalue weighted by Crippen LogP contribution is 2.29. The van der Waals surface area contributed by atoms with Crippen LogP contribution in [0, 0.1) is 6.92 Å². The second kappa shape index (κ2) is 11.5. The number of carbonyl (C=O) groups is 3. The molecule has 1 aliphatic rings. The summed E-state index contributed by atoms with van der Waals surface area (Å²) >= 11 is 0. The lowest BCUT2D eigenvalue weighted by atomic mass is 9.95. The van der Waals surface area contributed by atoms with Crippen molar-refractivity contribution in [3.63, 3.8) is 0 Å². The van der Waals surface area contributed by atoms with Crippen molar-refractivity contribution in [3.8, 4) is 5.75 Å². The van der Waals surface area contributed by atoms with Crippen LogP contribution in [0.3, 0.4) is 0 Å². The smallest absolute Gasteiger partial charge is 0.256 e. The number of aliphatic hydroxyl groups is 1. The van der Waals surface area contributed by atoms with Crippen molar-refractivity contribution in [2.45, 2.75) is 64.3 Å². The number of hydrogen-bond acceptors (Lipinski definition) is 6. The Morgan fingerprint density at radius 1 is 1.14 bits per heavy atom. The number of phenols is 1. The van der Waals surface area contributed by atoms with Gasteiger partial charge in [0.1, 0.15) is 18.5 Å². The third kappa shape index (κ3) is 6.03.